The Bertz CT molecular complexity index is 353. The van der Waals surface area contributed by atoms with Crippen LogP contribution in [0.5, 0.6) is 0 Å². The van der Waals surface area contributed by atoms with Gasteiger partial charge in [-0.1, -0.05) is 19.8 Å². The molecule has 16 heavy (non-hydrogen) atoms. The highest BCUT2D eigenvalue weighted by Crippen LogP contribution is 2.31. The van der Waals surface area contributed by atoms with E-state index in [4.69, 9.17) is 0 Å². The summed E-state index contributed by atoms with van der Waals surface area (Å²) in [7, 11) is 0. The first kappa shape index (κ1) is 11.2. The zero-order chi connectivity index (χ0) is 11.4. The lowest BCUT2D eigenvalue weighted by Gasteiger charge is -2.14. The fraction of sp³-hybridized carbons (Fsp3) is 0.667. The van der Waals surface area contributed by atoms with Crippen molar-refractivity contribution in [2.75, 3.05) is 5.32 Å². The minimum Gasteiger partial charge on any atom is -0.311 e. The van der Waals surface area contributed by atoms with E-state index in [-0.39, 0.29) is 5.91 Å². The topological polar surface area (TPSA) is 46.9 Å². The Kier molecular flexibility index (Phi) is 3.59. The van der Waals surface area contributed by atoms with Gasteiger partial charge in [-0.2, -0.15) is 5.10 Å². The van der Waals surface area contributed by atoms with Crippen LogP contribution in [-0.2, 0) is 4.79 Å². The van der Waals surface area contributed by atoms with Crippen molar-refractivity contribution >= 4 is 11.7 Å². The monoisotopic (exact) mass is 221 g/mol. The molecule has 1 N–H and O–H groups in total. The van der Waals surface area contributed by atoms with Crippen LogP contribution in [0.3, 0.4) is 0 Å². The number of anilines is 1. The molecule has 0 atom stereocenters. The molecule has 4 heteroatoms. The molecule has 1 fully saturated rings. The van der Waals surface area contributed by atoms with Gasteiger partial charge in [0.15, 0.2) is 0 Å². The van der Waals surface area contributed by atoms with Crippen LogP contribution in [0.25, 0.3) is 0 Å². The minimum absolute atomic E-state index is 0.0854. The third-order valence-corrected chi connectivity index (χ3v) is 3.09. The molecule has 1 aromatic rings. The highest BCUT2D eigenvalue weighted by Gasteiger charge is 2.20. The summed E-state index contributed by atoms with van der Waals surface area (Å²) in [6.07, 6.45) is 8.12. The first-order chi connectivity index (χ1) is 7.81. The van der Waals surface area contributed by atoms with Crippen molar-refractivity contribution in [2.45, 2.75) is 51.5 Å². The molecule has 2 rings (SSSR count). The van der Waals surface area contributed by atoms with E-state index in [1.165, 1.54) is 25.7 Å². The van der Waals surface area contributed by atoms with Gasteiger partial charge in [-0.15, -0.1) is 0 Å². The van der Waals surface area contributed by atoms with Crippen LogP contribution >= 0.6 is 0 Å². The third-order valence-electron chi connectivity index (χ3n) is 3.09. The largest absolute Gasteiger partial charge is 0.311 e. The Morgan fingerprint density at radius 1 is 1.56 bits per heavy atom. The number of amides is 1. The summed E-state index contributed by atoms with van der Waals surface area (Å²) >= 11 is 0. The summed E-state index contributed by atoms with van der Waals surface area (Å²) in [5.41, 5.74) is 0. The van der Waals surface area contributed by atoms with E-state index in [1.807, 2.05) is 17.7 Å². The van der Waals surface area contributed by atoms with Gasteiger partial charge in [0.25, 0.3) is 0 Å². The summed E-state index contributed by atoms with van der Waals surface area (Å²) in [5, 5.41) is 7.24. The smallest absolute Gasteiger partial charge is 0.225 e. The van der Waals surface area contributed by atoms with Crippen molar-refractivity contribution in [3.8, 4) is 0 Å². The summed E-state index contributed by atoms with van der Waals surface area (Å²) in [4.78, 5) is 11.5. The Morgan fingerprint density at radius 3 is 3.00 bits per heavy atom. The van der Waals surface area contributed by atoms with Crippen LogP contribution in [-0.4, -0.2) is 15.7 Å². The van der Waals surface area contributed by atoms with Crippen molar-refractivity contribution < 1.29 is 4.79 Å². The van der Waals surface area contributed by atoms with Crippen molar-refractivity contribution in [3.05, 3.63) is 12.3 Å². The molecule has 0 unspecified atom stereocenters. The summed E-state index contributed by atoms with van der Waals surface area (Å²) in [6, 6.07) is 2.36. The molecule has 0 radical (unpaired) electrons. The highest BCUT2D eigenvalue weighted by atomic mass is 16.1. The van der Waals surface area contributed by atoms with E-state index >= 15 is 0 Å². The van der Waals surface area contributed by atoms with Gasteiger partial charge in [0.05, 0.1) is 12.2 Å². The molecular weight excluding hydrogens is 202 g/mol. The van der Waals surface area contributed by atoms with Crippen molar-refractivity contribution in [2.24, 2.45) is 0 Å². The predicted octanol–water partition coefficient (Wildman–Crippen LogP) is 2.74. The second-order valence-corrected chi connectivity index (χ2v) is 4.40. The summed E-state index contributed by atoms with van der Waals surface area (Å²) in [6.45, 7) is 2.01. The van der Waals surface area contributed by atoms with Gasteiger partial charge in [-0.3, -0.25) is 4.79 Å². The maximum Gasteiger partial charge on any atom is 0.225 e. The molecule has 1 aliphatic carbocycles. The van der Waals surface area contributed by atoms with Crippen LogP contribution in [0.2, 0.25) is 0 Å². The number of rotatable bonds is 4. The highest BCUT2D eigenvalue weighted by molar-refractivity contribution is 5.89. The number of hydrogen-bond donors (Lipinski definition) is 1. The minimum atomic E-state index is 0.0854. The van der Waals surface area contributed by atoms with E-state index in [0.717, 1.165) is 12.2 Å². The number of carbonyl (C=O) groups excluding carboxylic acids is 1. The van der Waals surface area contributed by atoms with Gasteiger partial charge < -0.3 is 5.32 Å². The molecule has 1 saturated carbocycles. The zero-order valence-corrected chi connectivity index (χ0v) is 9.78. The van der Waals surface area contributed by atoms with Crippen LogP contribution in [0, 0.1) is 0 Å². The molecule has 0 saturated heterocycles. The number of aromatic nitrogens is 2. The fourth-order valence-corrected chi connectivity index (χ4v) is 2.29. The quantitative estimate of drug-likeness (QED) is 0.849. The Labute approximate surface area is 96.0 Å². The predicted molar refractivity (Wildman–Crippen MR) is 63.3 cm³/mol. The van der Waals surface area contributed by atoms with Crippen LogP contribution in [0.4, 0.5) is 5.82 Å². The maximum atomic E-state index is 11.5. The molecule has 1 amide bonds. The average molecular weight is 221 g/mol. The maximum absolute atomic E-state index is 11.5. The second kappa shape index (κ2) is 5.14. The number of carbonyl (C=O) groups is 1. The first-order valence-corrected chi connectivity index (χ1v) is 6.14. The molecule has 0 bridgehead atoms. The van der Waals surface area contributed by atoms with Gasteiger partial charge in [0, 0.05) is 12.5 Å². The van der Waals surface area contributed by atoms with Gasteiger partial charge in [-0.25, -0.2) is 4.68 Å². The van der Waals surface area contributed by atoms with E-state index in [1.54, 1.807) is 6.20 Å². The molecule has 4 nitrogen and oxygen atoms in total. The number of hydrogen-bond acceptors (Lipinski definition) is 2. The Hall–Kier alpha value is -1.32. The van der Waals surface area contributed by atoms with Crippen LogP contribution in [0.1, 0.15) is 51.5 Å². The van der Waals surface area contributed by atoms with E-state index in [0.29, 0.717) is 12.5 Å². The molecule has 0 aliphatic heterocycles. The normalized spacial score (nSPS) is 16.6. The molecule has 0 aromatic carbocycles. The van der Waals surface area contributed by atoms with E-state index in [9.17, 15) is 4.79 Å². The Balaban J connectivity index is 2.03. The lowest BCUT2D eigenvalue weighted by molar-refractivity contribution is -0.116. The van der Waals surface area contributed by atoms with E-state index in [2.05, 4.69) is 10.4 Å². The van der Waals surface area contributed by atoms with E-state index < -0.39 is 0 Å². The number of nitrogens with one attached hydrogen (secondary N) is 1. The first-order valence-electron chi connectivity index (χ1n) is 6.14. The van der Waals surface area contributed by atoms with Gasteiger partial charge in [-0.05, 0) is 19.3 Å². The zero-order valence-electron chi connectivity index (χ0n) is 9.78. The number of nitrogens with zero attached hydrogens (tertiary/aromatic N) is 2. The molecule has 1 aromatic heterocycles. The molecular formula is C12H19N3O. The summed E-state index contributed by atoms with van der Waals surface area (Å²) < 4.78 is 1.97. The fourth-order valence-electron chi connectivity index (χ4n) is 2.29. The molecule has 0 spiro atoms. The summed E-state index contributed by atoms with van der Waals surface area (Å²) in [5.74, 6) is 0.938. The molecule has 88 valence electrons. The standard InChI is InChI=1S/C12H19N3O/c1-2-5-12(16)14-11-8-9-13-15(11)10-6-3-4-7-10/h8-10H,2-7H2,1H3,(H,14,16). The SMILES string of the molecule is CCCC(=O)Nc1ccnn1C1CCCC1. The Morgan fingerprint density at radius 2 is 2.31 bits per heavy atom. The lowest BCUT2D eigenvalue weighted by Crippen LogP contribution is -2.17. The van der Waals surface area contributed by atoms with Crippen molar-refractivity contribution in [3.63, 3.8) is 0 Å². The van der Waals surface area contributed by atoms with Crippen LogP contribution < -0.4 is 5.32 Å². The second-order valence-electron chi connectivity index (χ2n) is 4.40. The van der Waals surface area contributed by atoms with Gasteiger partial charge in [0.1, 0.15) is 5.82 Å². The van der Waals surface area contributed by atoms with Gasteiger partial charge >= 0.3 is 0 Å². The third kappa shape index (κ3) is 2.43. The van der Waals surface area contributed by atoms with Gasteiger partial charge in [0.2, 0.25) is 5.91 Å². The van der Waals surface area contributed by atoms with Crippen molar-refractivity contribution in [1.82, 2.24) is 9.78 Å². The van der Waals surface area contributed by atoms with Crippen molar-refractivity contribution in [1.29, 1.82) is 0 Å². The molecule has 1 heterocycles. The van der Waals surface area contributed by atoms with Crippen LogP contribution in [0.15, 0.2) is 12.3 Å². The lowest BCUT2D eigenvalue weighted by atomic mass is 10.2. The molecule has 1 aliphatic rings. The average Bonchev–Trinajstić information content (AvgIpc) is 2.86.